The number of hydrogen-bond donors (Lipinski definition) is 1. The first kappa shape index (κ1) is 15.0. The van der Waals surface area contributed by atoms with Gasteiger partial charge in [0.05, 0.1) is 11.0 Å². The van der Waals surface area contributed by atoms with Gasteiger partial charge in [-0.15, -0.1) is 0 Å². The van der Waals surface area contributed by atoms with Crippen LogP contribution in [0.3, 0.4) is 0 Å². The van der Waals surface area contributed by atoms with Gasteiger partial charge in [-0.25, -0.2) is 0 Å². The molecule has 2 nitrogen and oxygen atoms in total. The van der Waals surface area contributed by atoms with Gasteiger partial charge in [-0.2, -0.15) is 0 Å². The van der Waals surface area contributed by atoms with Crippen molar-refractivity contribution in [3.8, 4) is 0 Å². The van der Waals surface area contributed by atoms with Crippen molar-refractivity contribution >= 4 is 22.4 Å². The molecule has 3 atom stereocenters. The predicted octanol–water partition coefficient (Wildman–Crippen LogP) is 3.49. The molecule has 1 aliphatic rings. The monoisotopic (exact) mass is 299 g/mol. The minimum Gasteiger partial charge on any atom is -0.326 e. The lowest BCUT2D eigenvalue weighted by atomic mass is 9.73. The highest BCUT2D eigenvalue weighted by Gasteiger charge is 2.39. The van der Waals surface area contributed by atoms with Crippen LogP contribution in [0.1, 0.15) is 38.7 Å². The molecule has 1 aliphatic carbocycles. The Morgan fingerprint density at radius 2 is 2.11 bits per heavy atom. The van der Waals surface area contributed by atoms with E-state index in [2.05, 4.69) is 13.8 Å². The Morgan fingerprint density at radius 1 is 1.42 bits per heavy atom. The number of benzene rings is 1. The molecular formula is C15H22ClNOS. The first-order chi connectivity index (χ1) is 8.92. The van der Waals surface area contributed by atoms with Gasteiger partial charge >= 0.3 is 0 Å². The summed E-state index contributed by atoms with van der Waals surface area (Å²) in [5.41, 5.74) is 7.36. The average molecular weight is 300 g/mol. The molecule has 0 spiro atoms. The fourth-order valence-electron chi connectivity index (χ4n) is 2.78. The van der Waals surface area contributed by atoms with E-state index in [1.807, 2.05) is 24.3 Å². The second kappa shape index (κ2) is 5.94. The standard InChI is InChI=1S/C15H22ClNOS/c1-15(2)9-5-8-13(14(15)17)19(18)10-11-6-3-4-7-12(11)16/h3-4,6-7,13-14H,5,8-10,17H2,1-2H3. The summed E-state index contributed by atoms with van der Waals surface area (Å²) in [7, 11) is -0.954. The fourth-order valence-corrected chi connectivity index (χ4v) is 4.96. The highest BCUT2D eigenvalue weighted by molar-refractivity contribution is 7.84. The zero-order chi connectivity index (χ0) is 14.0. The summed E-state index contributed by atoms with van der Waals surface area (Å²) in [6.45, 7) is 4.35. The lowest BCUT2D eigenvalue weighted by molar-refractivity contribution is 0.206. The molecule has 1 aromatic carbocycles. The third-order valence-corrected chi connectivity index (χ3v) is 6.37. The Bertz CT molecular complexity index is 475. The molecule has 3 unspecified atom stereocenters. The lowest BCUT2D eigenvalue weighted by Gasteiger charge is -2.41. The van der Waals surface area contributed by atoms with E-state index in [1.165, 1.54) is 0 Å². The SMILES string of the molecule is CC1(C)CCCC(S(=O)Cc2ccccc2Cl)C1N. The van der Waals surface area contributed by atoms with Crippen LogP contribution in [-0.2, 0) is 16.6 Å². The first-order valence-corrected chi connectivity index (χ1v) is 8.54. The van der Waals surface area contributed by atoms with Crippen LogP contribution in [0.25, 0.3) is 0 Å². The molecule has 0 aliphatic heterocycles. The quantitative estimate of drug-likeness (QED) is 0.928. The van der Waals surface area contributed by atoms with Crippen molar-refractivity contribution in [2.45, 2.75) is 50.2 Å². The topological polar surface area (TPSA) is 43.1 Å². The second-order valence-electron chi connectivity index (χ2n) is 6.06. The number of rotatable bonds is 3. The maximum Gasteiger partial charge on any atom is 0.0507 e. The van der Waals surface area contributed by atoms with Crippen LogP contribution in [0.5, 0.6) is 0 Å². The van der Waals surface area contributed by atoms with E-state index >= 15 is 0 Å². The van der Waals surface area contributed by atoms with Gasteiger partial charge in [-0.3, -0.25) is 4.21 Å². The third kappa shape index (κ3) is 3.39. The molecule has 2 rings (SSSR count). The summed E-state index contributed by atoms with van der Waals surface area (Å²) in [5.74, 6) is 0.508. The van der Waals surface area contributed by atoms with Crippen molar-refractivity contribution in [2.75, 3.05) is 0 Å². The summed E-state index contributed by atoms with van der Waals surface area (Å²) in [6.07, 6.45) is 3.19. The number of halogens is 1. The van der Waals surface area contributed by atoms with Gasteiger partial charge in [0.2, 0.25) is 0 Å². The van der Waals surface area contributed by atoms with Gasteiger partial charge in [0, 0.05) is 21.9 Å². The third-order valence-electron chi connectivity index (χ3n) is 4.21. The average Bonchev–Trinajstić information content (AvgIpc) is 2.35. The first-order valence-electron chi connectivity index (χ1n) is 6.78. The van der Waals surface area contributed by atoms with Gasteiger partial charge in [0.15, 0.2) is 0 Å². The summed E-state index contributed by atoms with van der Waals surface area (Å²) >= 11 is 6.13. The molecule has 0 aromatic heterocycles. The van der Waals surface area contributed by atoms with Crippen LogP contribution in [0, 0.1) is 5.41 Å². The molecule has 19 heavy (non-hydrogen) atoms. The van der Waals surface area contributed by atoms with Crippen molar-refractivity contribution in [1.29, 1.82) is 0 Å². The Balaban J connectivity index is 2.10. The van der Waals surface area contributed by atoms with E-state index in [9.17, 15) is 4.21 Å². The molecule has 1 fully saturated rings. The van der Waals surface area contributed by atoms with E-state index < -0.39 is 10.8 Å². The van der Waals surface area contributed by atoms with Crippen LogP contribution < -0.4 is 5.73 Å². The van der Waals surface area contributed by atoms with Gasteiger partial charge in [0.1, 0.15) is 0 Å². The van der Waals surface area contributed by atoms with Crippen molar-refractivity contribution < 1.29 is 4.21 Å². The van der Waals surface area contributed by atoms with Gasteiger partial charge in [-0.05, 0) is 29.9 Å². The largest absolute Gasteiger partial charge is 0.326 e. The summed E-state index contributed by atoms with van der Waals surface area (Å²) < 4.78 is 12.6. The van der Waals surface area contributed by atoms with E-state index in [4.69, 9.17) is 17.3 Å². The van der Waals surface area contributed by atoms with Gasteiger partial charge in [-0.1, -0.05) is 50.1 Å². The van der Waals surface area contributed by atoms with Crippen LogP contribution in [-0.4, -0.2) is 15.5 Å². The summed E-state index contributed by atoms with van der Waals surface area (Å²) in [5, 5.41) is 0.777. The Kier molecular flexibility index (Phi) is 4.70. The molecule has 2 N–H and O–H groups in total. The van der Waals surface area contributed by atoms with E-state index in [-0.39, 0.29) is 16.7 Å². The normalized spacial score (nSPS) is 28.0. The zero-order valence-corrected chi connectivity index (χ0v) is 13.1. The summed E-state index contributed by atoms with van der Waals surface area (Å²) in [4.78, 5) is 0. The van der Waals surface area contributed by atoms with Gasteiger partial charge < -0.3 is 5.73 Å². The van der Waals surface area contributed by atoms with Crippen LogP contribution in [0.15, 0.2) is 24.3 Å². The van der Waals surface area contributed by atoms with E-state index in [1.54, 1.807) is 0 Å². The zero-order valence-electron chi connectivity index (χ0n) is 11.6. The molecule has 1 aromatic rings. The maximum atomic E-state index is 12.6. The fraction of sp³-hybridized carbons (Fsp3) is 0.600. The maximum absolute atomic E-state index is 12.6. The highest BCUT2D eigenvalue weighted by atomic mass is 35.5. The van der Waals surface area contributed by atoms with Crippen molar-refractivity contribution in [3.63, 3.8) is 0 Å². The van der Waals surface area contributed by atoms with Crippen LogP contribution in [0.2, 0.25) is 5.02 Å². The van der Waals surface area contributed by atoms with Gasteiger partial charge in [0.25, 0.3) is 0 Å². The molecule has 0 bridgehead atoms. The van der Waals surface area contributed by atoms with Crippen molar-refractivity contribution in [3.05, 3.63) is 34.9 Å². The van der Waals surface area contributed by atoms with E-state index in [0.717, 1.165) is 24.8 Å². The Morgan fingerprint density at radius 3 is 2.79 bits per heavy atom. The molecule has 1 saturated carbocycles. The lowest BCUT2D eigenvalue weighted by Crippen LogP contribution is -2.51. The molecule has 4 heteroatoms. The van der Waals surface area contributed by atoms with Crippen molar-refractivity contribution in [1.82, 2.24) is 0 Å². The summed E-state index contributed by atoms with van der Waals surface area (Å²) in [6, 6.07) is 7.62. The number of nitrogens with two attached hydrogens (primary N) is 1. The highest BCUT2D eigenvalue weighted by Crippen LogP contribution is 2.37. The predicted molar refractivity (Wildman–Crippen MR) is 82.7 cm³/mol. The van der Waals surface area contributed by atoms with Crippen LogP contribution >= 0.6 is 11.6 Å². The molecule has 0 amide bonds. The molecule has 0 heterocycles. The second-order valence-corrected chi connectivity index (χ2v) is 8.12. The van der Waals surface area contributed by atoms with Crippen molar-refractivity contribution in [2.24, 2.45) is 11.1 Å². The molecule has 106 valence electrons. The minimum absolute atomic E-state index is 0.00423. The number of hydrogen-bond acceptors (Lipinski definition) is 2. The smallest absolute Gasteiger partial charge is 0.0507 e. The Labute approximate surface area is 123 Å². The molecular weight excluding hydrogens is 278 g/mol. The molecule has 0 saturated heterocycles. The minimum atomic E-state index is -0.954. The Hall–Kier alpha value is -0.380. The van der Waals surface area contributed by atoms with Crippen LogP contribution in [0.4, 0.5) is 0 Å². The molecule has 0 radical (unpaired) electrons. The van der Waals surface area contributed by atoms with E-state index in [0.29, 0.717) is 10.8 Å².